The average Bonchev–Trinajstić information content (AvgIpc) is 3.33. The molecule has 2 heterocycles. The number of methoxy groups -OCH3 is 2. The highest BCUT2D eigenvalue weighted by Crippen LogP contribution is 2.65. The Bertz CT molecular complexity index is 1020. The van der Waals surface area contributed by atoms with Gasteiger partial charge in [0.2, 0.25) is 6.41 Å². The molecule has 2 aliphatic heterocycles. The molecule has 9 heteroatoms. The maximum absolute atomic E-state index is 13.2. The van der Waals surface area contributed by atoms with Gasteiger partial charge in [-0.25, -0.2) is 14.5 Å². The molecule has 4 rings (SSSR count). The lowest BCUT2D eigenvalue weighted by Gasteiger charge is -2.53. The maximum atomic E-state index is 13.2. The monoisotopic (exact) mass is 552 g/mol. The first-order valence-electron chi connectivity index (χ1n) is 10.3. The van der Waals surface area contributed by atoms with Crippen LogP contribution in [0.4, 0.5) is 10.5 Å². The van der Waals surface area contributed by atoms with Crippen molar-refractivity contribution in [3.8, 4) is 0 Å². The van der Waals surface area contributed by atoms with E-state index in [1.807, 2.05) is 43.3 Å². The molecule has 1 aliphatic carbocycles. The second-order valence-corrected chi connectivity index (χ2v) is 9.28. The number of amides is 2. The number of carbonyl (C=O) groups excluding carboxylic acids is 3. The van der Waals surface area contributed by atoms with Gasteiger partial charge >= 0.3 is 12.1 Å². The van der Waals surface area contributed by atoms with Crippen molar-refractivity contribution in [2.75, 3.05) is 32.3 Å². The largest absolute Gasteiger partial charge is 0.466 e. The number of anilines is 1. The Labute approximate surface area is 200 Å². The molecule has 0 N–H and O–H groups in total. The third-order valence-corrected chi connectivity index (χ3v) is 7.71. The highest BCUT2D eigenvalue weighted by molar-refractivity contribution is 14.1. The normalized spacial score (nSPS) is 28.2. The summed E-state index contributed by atoms with van der Waals surface area (Å²) in [4.78, 5) is 41.7. The first-order chi connectivity index (χ1) is 15.4. The number of halogens is 1. The molecule has 2 amide bonds. The van der Waals surface area contributed by atoms with Crippen molar-refractivity contribution in [1.82, 2.24) is 4.90 Å². The molecule has 3 atom stereocenters. The summed E-state index contributed by atoms with van der Waals surface area (Å²) in [6, 6.07) is 6.87. The number of hydrogen-bond acceptors (Lipinski definition) is 6. The number of esters is 1. The number of nitrogens with zero attached hydrogens (tertiary/aromatic N) is 2. The number of allylic oxidation sites excluding steroid dienone is 1. The highest BCUT2D eigenvalue weighted by Gasteiger charge is 2.75. The van der Waals surface area contributed by atoms with Gasteiger partial charge in [-0.2, -0.15) is 0 Å². The summed E-state index contributed by atoms with van der Waals surface area (Å²) in [5, 5.41) is 0. The molecular weight excluding hydrogens is 527 g/mol. The second-order valence-electron chi connectivity index (χ2n) is 7.90. The van der Waals surface area contributed by atoms with E-state index >= 15 is 0 Å². The van der Waals surface area contributed by atoms with Crippen molar-refractivity contribution in [2.24, 2.45) is 0 Å². The van der Waals surface area contributed by atoms with Crippen LogP contribution in [0.2, 0.25) is 0 Å². The van der Waals surface area contributed by atoms with E-state index in [0.717, 1.165) is 15.6 Å². The molecule has 32 heavy (non-hydrogen) atoms. The van der Waals surface area contributed by atoms with Gasteiger partial charge in [0.1, 0.15) is 0 Å². The first-order valence-corrected chi connectivity index (χ1v) is 11.4. The van der Waals surface area contributed by atoms with E-state index in [0.29, 0.717) is 37.3 Å². The molecule has 3 aliphatic rings. The lowest BCUT2D eigenvalue weighted by molar-refractivity contribution is -0.141. The van der Waals surface area contributed by atoms with Crippen LogP contribution in [0.5, 0.6) is 0 Å². The van der Waals surface area contributed by atoms with Crippen molar-refractivity contribution < 1.29 is 28.6 Å². The summed E-state index contributed by atoms with van der Waals surface area (Å²) in [5.74, 6) is -0.472. The quantitative estimate of drug-likeness (QED) is 0.317. The lowest BCUT2D eigenvalue weighted by Crippen LogP contribution is -2.71. The van der Waals surface area contributed by atoms with Crippen molar-refractivity contribution in [3.05, 3.63) is 51.1 Å². The van der Waals surface area contributed by atoms with E-state index in [-0.39, 0.29) is 0 Å². The summed E-state index contributed by atoms with van der Waals surface area (Å²) < 4.78 is 17.8. The maximum Gasteiger partial charge on any atom is 0.416 e. The zero-order valence-corrected chi connectivity index (χ0v) is 20.3. The predicted octanol–water partition coefficient (Wildman–Crippen LogP) is 3.30. The number of ether oxygens (including phenoxy) is 3. The molecule has 1 saturated heterocycles. The van der Waals surface area contributed by atoms with Crippen LogP contribution in [-0.4, -0.2) is 62.5 Å². The minimum atomic E-state index is -1.34. The molecule has 1 aromatic rings. The van der Waals surface area contributed by atoms with E-state index < -0.39 is 29.2 Å². The summed E-state index contributed by atoms with van der Waals surface area (Å²) >= 11 is 2.19. The molecule has 0 bridgehead atoms. The summed E-state index contributed by atoms with van der Waals surface area (Å²) in [7, 11) is 2.65. The fourth-order valence-corrected chi connectivity index (χ4v) is 5.95. The van der Waals surface area contributed by atoms with Crippen molar-refractivity contribution in [2.45, 2.75) is 36.9 Å². The van der Waals surface area contributed by atoms with Gasteiger partial charge < -0.3 is 19.1 Å². The van der Waals surface area contributed by atoms with Crippen LogP contribution in [0, 0.1) is 0 Å². The van der Waals surface area contributed by atoms with Gasteiger partial charge in [-0.1, -0.05) is 30.4 Å². The predicted molar refractivity (Wildman–Crippen MR) is 125 cm³/mol. The second kappa shape index (κ2) is 8.51. The fraction of sp³-hybridized carbons (Fsp3) is 0.435. The Balaban J connectivity index is 2.03. The Hall–Kier alpha value is -2.40. The Morgan fingerprint density at radius 1 is 1.31 bits per heavy atom. The Kier molecular flexibility index (Phi) is 6.06. The number of para-hydroxylation sites is 1. The molecule has 0 aromatic heterocycles. The van der Waals surface area contributed by atoms with Gasteiger partial charge in [-0.15, -0.1) is 0 Å². The van der Waals surface area contributed by atoms with E-state index in [9.17, 15) is 14.4 Å². The van der Waals surface area contributed by atoms with Crippen LogP contribution in [-0.2, 0) is 29.2 Å². The van der Waals surface area contributed by atoms with Gasteiger partial charge in [-0.3, -0.25) is 4.79 Å². The third kappa shape index (κ3) is 2.86. The molecule has 170 valence electrons. The van der Waals surface area contributed by atoms with Crippen LogP contribution < -0.4 is 4.90 Å². The van der Waals surface area contributed by atoms with E-state index in [1.165, 1.54) is 19.1 Å². The molecule has 1 aromatic carbocycles. The minimum Gasteiger partial charge on any atom is -0.466 e. The zero-order chi connectivity index (χ0) is 23.1. The van der Waals surface area contributed by atoms with Crippen LogP contribution in [0.1, 0.15) is 25.3 Å². The number of hydrogen-bond donors (Lipinski definition) is 0. The van der Waals surface area contributed by atoms with E-state index in [4.69, 9.17) is 14.2 Å². The first kappa shape index (κ1) is 22.8. The molecule has 0 saturated carbocycles. The van der Waals surface area contributed by atoms with Crippen molar-refractivity contribution in [1.29, 1.82) is 0 Å². The van der Waals surface area contributed by atoms with Crippen molar-refractivity contribution >= 4 is 46.8 Å². The van der Waals surface area contributed by atoms with Gasteiger partial charge in [-0.05, 0) is 54.0 Å². The van der Waals surface area contributed by atoms with Gasteiger partial charge in [0.15, 0.2) is 5.72 Å². The standard InChI is InChI=1S/C23H25IN2O6/c1-4-15(24)13-25(14-27)19-10-9-17(20(28)30-2)22-11-12-32-23(19,22)26(21(29)31-3)18-8-6-5-7-16(18)22/h4-9,14,19H,10-13H2,1-3H3/b15-4-/t19-,22-,23-/m0/s1. The fourth-order valence-electron chi connectivity index (χ4n) is 5.56. The van der Waals surface area contributed by atoms with E-state index in [2.05, 4.69) is 22.6 Å². The van der Waals surface area contributed by atoms with Gasteiger partial charge in [0.05, 0.1) is 44.5 Å². The molecule has 0 spiro atoms. The van der Waals surface area contributed by atoms with Gasteiger partial charge in [0, 0.05) is 9.15 Å². The van der Waals surface area contributed by atoms with Gasteiger partial charge in [0.25, 0.3) is 0 Å². The number of fused-ring (bicyclic) bond motifs is 1. The van der Waals surface area contributed by atoms with Crippen LogP contribution in [0.15, 0.2) is 45.6 Å². The SMILES string of the molecule is C/C=C(\I)CN(C=O)[C@H]1CC=C(C(=O)OC)[C@@]23CCO[C@@]12N(C(=O)OC)c1ccccc13. The lowest BCUT2D eigenvalue weighted by atomic mass is 9.61. The molecule has 0 unspecified atom stereocenters. The van der Waals surface area contributed by atoms with Crippen LogP contribution in [0.25, 0.3) is 0 Å². The van der Waals surface area contributed by atoms with E-state index in [1.54, 1.807) is 4.90 Å². The number of carbonyl (C=O) groups is 3. The number of rotatable bonds is 5. The summed E-state index contributed by atoms with van der Waals surface area (Å²) in [6.45, 7) is 2.57. The highest BCUT2D eigenvalue weighted by atomic mass is 127. The molecule has 1 fully saturated rings. The summed E-state index contributed by atoms with van der Waals surface area (Å²) in [6.07, 6.45) is 4.72. The topological polar surface area (TPSA) is 85.4 Å². The molecular formula is C23H25IN2O6. The van der Waals surface area contributed by atoms with Crippen LogP contribution >= 0.6 is 22.6 Å². The minimum absolute atomic E-state index is 0.306. The molecule has 0 radical (unpaired) electrons. The van der Waals surface area contributed by atoms with Crippen LogP contribution in [0.3, 0.4) is 0 Å². The summed E-state index contributed by atoms with van der Waals surface area (Å²) in [5.41, 5.74) is -0.494. The number of benzene rings is 1. The average molecular weight is 552 g/mol. The molecule has 8 nitrogen and oxygen atoms in total. The Morgan fingerprint density at radius 2 is 2.06 bits per heavy atom. The zero-order valence-electron chi connectivity index (χ0n) is 18.2. The Morgan fingerprint density at radius 3 is 2.72 bits per heavy atom. The van der Waals surface area contributed by atoms with Crippen molar-refractivity contribution in [3.63, 3.8) is 0 Å². The smallest absolute Gasteiger partial charge is 0.416 e. The third-order valence-electron chi connectivity index (χ3n) is 6.75.